The van der Waals surface area contributed by atoms with Gasteiger partial charge in [-0.05, 0) is 121 Å². The van der Waals surface area contributed by atoms with E-state index in [9.17, 15) is 0 Å². The van der Waals surface area contributed by atoms with Gasteiger partial charge < -0.3 is 11.5 Å². The Kier molecular flexibility index (Phi) is 30.6. The molecule has 4 aromatic rings. The van der Waals surface area contributed by atoms with Crippen LogP contribution in [0.25, 0.3) is 0 Å². The van der Waals surface area contributed by atoms with E-state index in [-0.39, 0.29) is 0 Å². The molecule has 0 amide bonds. The smallest absolute Gasteiger partial charge is 0.0316 e. The van der Waals surface area contributed by atoms with Crippen molar-refractivity contribution in [3.63, 3.8) is 0 Å². The number of rotatable bonds is 41. The molecule has 0 aliphatic heterocycles. The first-order chi connectivity index (χ1) is 33.4. The predicted octanol–water partition coefficient (Wildman–Crippen LogP) is 20.8. The number of nitrogen functional groups attached to an aromatic ring is 2. The summed E-state index contributed by atoms with van der Waals surface area (Å²) >= 11 is 0. The van der Waals surface area contributed by atoms with E-state index < -0.39 is 0 Å². The van der Waals surface area contributed by atoms with Crippen molar-refractivity contribution in [2.24, 2.45) is 0 Å². The third kappa shape index (κ3) is 23.9. The SMILES string of the molecule is CCCCCCCCCCCC(c1ccc(CCCCCCCCCCCCCCCCc2ccc(C(CCCCCCCCCCC)c3ccc(N)cc3C)cc2)cc1)c1ccc(N)cc1C. The maximum Gasteiger partial charge on any atom is 0.0316 e. The third-order valence-corrected chi connectivity index (χ3v) is 15.5. The van der Waals surface area contributed by atoms with Crippen molar-refractivity contribution in [1.29, 1.82) is 0 Å². The molecule has 0 spiro atoms. The molecule has 0 aliphatic carbocycles. The minimum atomic E-state index is 0.463. The Bertz CT molecular complexity index is 1690. The van der Waals surface area contributed by atoms with Crippen LogP contribution >= 0.6 is 0 Å². The molecule has 68 heavy (non-hydrogen) atoms. The van der Waals surface area contributed by atoms with E-state index in [0.29, 0.717) is 11.8 Å². The van der Waals surface area contributed by atoms with Gasteiger partial charge in [-0.15, -0.1) is 0 Å². The highest BCUT2D eigenvalue weighted by molar-refractivity contribution is 5.49. The molecule has 0 heterocycles. The lowest BCUT2D eigenvalue weighted by Gasteiger charge is -2.21. The standard InChI is InChI=1S/C66H104N2/c1-5-7-9-11-13-21-27-31-35-39-65(63-51-49-61(67)53-55(63)3)59-45-41-57(42-46-59)37-33-29-25-23-19-17-15-16-18-20-24-26-30-34-38-58-43-47-60(48-44-58)66(64-52-50-62(68)54-56(64)4)40-36-32-28-22-14-12-10-8-6-2/h41-54,65-66H,5-40,67-68H2,1-4H3. The van der Waals surface area contributed by atoms with Crippen LogP contribution in [0.3, 0.4) is 0 Å². The first kappa shape index (κ1) is 57.1. The largest absolute Gasteiger partial charge is 0.399 e. The van der Waals surface area contributed by atoms with Crippen LogP contribution in [-0.2, 0) is 12.8 Å². The first-order valence-corrected chi connectivity index (χ1v) is 29.3. The molecular formula is C66H104N2. The molecule has 2 unspecified atom stereocenters. The maximum atomic E-state index is 6.16. The van der Waals surface area contributed by atoms with Crippen molar-refractivity contribution < 1.29 is 0 Å². The molecule has 0 bridgehead atoms. The average molecular weight is 926 g/mol. The fraction of sp³-hybridized carbons (Fsp3) is 0.636. The molecule has 2 heteroatoms. The van der Waals surface area contributed by atoms with Crippen LogP contribution in [0.2, 0.25) is 0 Å². The Labute approximate surface area is 421 Å². The predicted molar refractivity (Wildman–Crippen MR) is 303 cm³/mol. The second-order valence-corrected chi connectivity index (χ2v) is 21.5. The first-order valence-electron chi connectivity index (χ1n) is 29.3. The summed E-state index contributed by atoms with van der Waals surface area (Å²) in [5, 5.41) is 0. The lowest BCUT2D eigenvalue weighted by molar-refractivity contribution is 0.533. The van der Waals surface area contributed by atoms with Gasteiger partial charge in [0.2, 0.25) is 0 Å². The molecule has 0 radical (unpaired) electrons. The van der Waals surface area contributed by atoms with E-state index in [2.05, 4.69) is 113 Å². The van der Waals surface area contributed by atoms with Crippen LogP contribution in [0.5, 0.6) is 0 Å². The molecule has 0 fully saturated rings. The quantitative estimate of drug-likeness (QED) is 0.0344. The normalized spacial score (nSPS) is 12.5. The van der Waals surface area contributed by atoms with Gasteiger partial charge in [0.25, 0.3) is 0 Å². The topological polar surface area (TPSA) is 52.0 Å². The van der Waals surface area contributed by atoms with Gasteiger partial charge >= 0.3 is 0 Å². The maximum absolute atomic E-state index is 6.16. The summed E-state index contributed by atoms with van der Waals surface area (Å²) in [5.41, 5.74) is 25.6. The van der Waals surface area contributed by atoms with Crippen LogP contribution in [0.4, 0.5) is 11.4 Å². The zero-order chi connectivity index (χ0) is 48.3. The number of hydrogen-bond acceptors (Lipinski definition) is 2. The number of unbranched alkanes of at least 4 members (excludes halogenated alkanes) is 29. The fourth-order valence-corrected chi connectivity index (χ4v) is 11.1. The van der Waals surface area contributed by atoms with Gasteiger partial charge in [0.15, 0.2) is 0 Å². The summed E-state index contributed by atoms with van der Waals surface area (Å²) in [6, 6.07) is 32.5. The summed E-state index contributed by atoms with van der Waals surface area (Å²) in [5.74, 6) is 0.925. The van der Waals surface area contributed by atoms with Gasteiger partial charge in [-0.25, -0.2) is 0 Å². The second kappa shape index (κ2) is 36.4. The van der Waals surface area contributed by atoms with E-state index in [1.54, 1.807) is 0 Å². The zero-order valence-corrected chi connectivity index (χ0v) is 44.8. The second-order valence-electron chi connectivity index (χ2n) is 21.5. The van der Waals surface area contributed by atoms with Gasteiger partial charge in [0, 0.05) is 23.2 Å². The Morgan fingerprint density at radius 2 is 0.574 bits per heavy atom. The van der Waals surface area contributed by atoms with E-state index in [1.807, 2.05) is 0 Å². The van der Waals surface area contributed by atoms with Crippen molar-refractivity contribution >= 4 is 11.4 Å². The van der Waals surface area contributed by atoms with Gasteiger partial charge in [-0.2, -0.15) is 0 Å². The van der Waals surface area contributed by atoms with Crippen LogP contribution in [0, 0.1) is 13.8 Å². The van der Waals surface area contributed by atoms with Crippen LogP contribution in [0.15, 0.2) is 84.9 Å². The van der Waals surface area contributed by atoms with Gasteiger partial charge in [0.05, 0.1) is 0 Å². The minimum Gasteiger partial charge on any atom is -0.399 e. The highest BCUT2D eigenvalue weighted by Gasteiger charge is 2.18. The molecule has 4 rings (SSSR count). The van der Waals surface area contributed by atoms with E-state index >= 15 is 0 Å². The Morgan fingerprint density at radius 1 is 0.309 bits per heavy atom. The number of nitrogens with two attached hydrogens (primary N) is 2. The molecule has 0 saturated heterocycles. The van der Waals surface area contributed by atoms with E-state index in [4.69, 9.17) is 11.5 Å². The van der Waals surface area contributed by atoms with Crippen molar-refractivity contribution in [3.05, 3.63) is 129 Å². The number of anilines is 2. The highest BCUT2D eigenvalue weighted by atomic mass is 14.5. The molecule has 2 nitrogen and oxygen atoms in total. The fourth-order valence-electron chi connectivity index (χ4n) is 11.1. The highest BCUT2D eigenvalue weighted by Crippen LogP contribution is 2.35. The summed E-state index contributed by atoms with van der Waals surface area (Å²) in [6.45, 7) is 9.09. The lowest BCUT2D eigenvalue weighted by Crippen LogP contribution is -2.05. The number of hydrogen-bond donors (Lipinski definition) is 2. The van der Waals surface area contributed by atoms with Crippen molar-refractivity contribution in [2.75, 3.05) is 11.5 Å². The number of aryl methyl sites for hydroxylation is 4. The summed E-state index contributed by atoms with van der Waals surface area (Å²) in [7, 11) is 0. The van der Waals surface area contributed by atoms with Crippen LogP contribution in [0.1, 0.15) is 288 Å². The monoisotopic (exact) mass is 925 g/mol. The molecule has 4 N–H and O–H groups in total. The molecule has 378 valence electrons. The Balaban J connectivity index is 1.01. The molecule has 4 aromatic carbocycles. The Hall–Kier alpha value is -3.52. The van der Waals surface area contributed by atoms with E-state index in [1.165, 1.54) is 276 Å². The molecule has 0 saturated carbocycles. The minimum absolute atomic E-state index is 0.463. The molecule has 0 aromatic heterocycles. The summed E-state index contributed by atoms with van der Waals surface area (Å²) < 4.78 is 0. The van der Waals surface area contributed by atoms with Crippen molar-refractivity contribution in [1.82, 2.24) is 0 Å². The van der Waals surface area contributed by atoms with Crippen LogP contribution in [-0.4, -0.2) is 0 Å². The Morgan fingerprint density at radius 3 is 0.853 bits per heavy atom. The third-order valence-electron chi connectivity index (χ3n) is 15.5. The van der Waals surface area contributed by atoms with Crippen molar-refractivity contribution in [3.8, 4) is 0 Å². The molecular weight excluding hydrogens is 821 g/mol. The summed E-state index contributed by atoms with van der Waals surface area (Å²) in [6.07, 6.45) is 49.2. The average Bonchev–Trinajstić information content (AvgIpc) is 3.34. The lowest BCUT2D eigenvalue weighted by atomic mass is 9.84. The number of benzene rings is 4. The van der Waals surface area contributed by atoms with Gasteiger partial charge in [-0.1, -0.05) is 267 Å². The molecule has 2 atom stereocenters. The van der Waals surface area contributed by atoms with Gasteiger partial charge in [0.1, 0.15) is 0 Å². The van der Waals surface area contributed by atoms with Gasteiger partial charge in [-0.3, -0.25) is 0 Å². The molecule has 0 aliphatic rings. The van der Waals surface area contributed by atoms with Crippen LogP contribution < -0.4 is 11.5 Å². The summed E-state index contributed by atoms with van der Waals surface area (Å²) in [4.78, 5) is 0. The zero-order valence-electron chi connectivity index (χ0n) is 44.8. The van der Waals surface area contributed by atoms with E-state index in [0.717, 1.165) is 11.4 Å². The van der Waals surface area contributed by atoms with Crippen molar-refractivity contribution in [2.45, 2.75) is 271 Å².